The van der Waals surface area contributed by atoms with Crippen LogP contribution >= 0.6 is 15.9 Å². The fourth-order valence-electron chi connectivity index (χ4n) is 2.26. The largest absolute Gasteiger partial charge is 0.508 e. The Morgan fingerprint density at radius 1 is 1.26 bits per heavy atom. The van der Waals surface area contributed by atoms with Crippen molar-refractivity contribution >= 4 is 21.6 Å². The molecule has 19 heavy (non-hydrogen) atoms. The van der Waals surface area contributed by atoms with Crippen molar-refractivity contribution in [2.24, 2.45) is 0 Å². The van der Waals surface area contributed by atoms with Crippen molar-refractivity contribution in [2.75, 3.05) is 11.9 Å². The van der Waals surface area contributed by atoms with Gasteiger partial charge in [0.2, 0.25) is 0 Å². The van der Waals surface area contributed by atoms with Crippen LogP contribution in [0, 0.1) is 6.92 Å². The lowest BCUT2D eigenvalue weighted by Crippen LogP contribution is -2.12. The molecule has 0 amide bonds. The number of ether oxygens (including phenoxy) is 1. The van der Waals surface area contributed by atoms with Crippen LogP contribution in [0.2, 0.25) is 0 Å². The summed E-state index contributed by atoms with van der Waals surface area (Å²) in [5.74, 6) is 0.984. The summed E-state index contributed by atoms with van der Waals surface area (Å²) in [7, 11) is 0. The van der Waals surface area contributed by atoms with Crippen molar-refractivity contribution in [1.82, 2.24) is 0 Å². The molecule has 0 bridgehead atoms. The number of anilines is 1. The fourth-order valence-corrected chi connectivity index (χ4v) is 2.62. The quantitative estimate of drug-likeness (QED) is 0.878. The lowest BCUT2D eigenvalue weighted by molar-refractivity contribution is 0.338. The lowest BCUT2D eigenvalue weighted by Gasteiger charge is -2.15. The fraction of sp³-hybridized carbons (Fsp3) is 0.200. The molecule has 98 valence electrons. The molecule has 0 fully saturated rings. The molecule has 1 aliphatic heterocycles. The van der Waals surface area contributed by atoms with Gasteiger partial charge in [-0.1, -0.05) is 6.07 Å². The molecule has 2 N–H and O–H groups in total. The summed E-state index contributed by atoms with van der Waals surface area (Å²) >= 11 is 3.55. The van der Waals surface area contributed by atoms with Crippen molar-refractivity contribution < 1.29 is 9.84 Å². The van der Waals surface area contributed by atoms with E-state index in [0.29, 0.717) is 6.61 Å². The van der Waals surface area contributed by atoms with Gasteiger partial charge in [0.1, 0.15) is 18.1 Å². The van der Waals surface area contributed by atoms with Gasteiger partial charge < -0.3 is 15.2 Å². The Balaban J connectivity index is 1.88. The van der Waals surface area contributed by atoms with Crippen LogP contribution in [0.3, 0.4) is 0 Å². The maximum Gasteiger partial charge on any atom is 0.128 e. The second-order valence-corrected chi connectivity index (χ2v) is 5.57. The first-order valence-corrected chi connectivity index (χ1v) is 6.91. The van der Waals surface area contributed by atoms with Crippen molar-refractivity contribution in [3.63, 3.8) is 0 Å². The molecule has 0 saturated carbocycles. The number of nitrogens with one attached hydrogen (secondary N) is 1. The third-order valence-electron chi connectivity index (χ3n) is 3.23. The van der Waals surface area contributed by atoms with Gasteiger partial charge in [0, 0.05) is 21.8 Å². The van der Waals surface area contributed by atoms with E-state index >= 15 is 0 Å². The highest BCUT2D eigenvalue weighted by atomic mass is 79.9. The minimum absolute atomic E-state index is 0.105. The molecule has 0 aliphatic carbocycles. The van der Waals surface area contributed by atoms with Crippen molar-refractivity contribution in [2.45, 2.75) is 13.0 Å². The summed E-state index contributed by atoms with van der Waals surface area (Å²) in [5.41, 5.74) is 3.33. The molecule has 0 spiro atoms. The molecule has 2 aromatic rings. The number of aryl methyl sites for hydroxylation is 1. The molecule has 1 heterocycles. The van der Waals surface area contributed by atoms with Gasteiger partial charge in [-0.3, -0.25) is 0 Å². The van der Waals surface area contributed by atoms with E-state index in [1.54, 1.807) is 12.1 Å². The van der Waals surface area contributed by atoms with Crippen LogP contribution in [0.4, 0.5) is 5.69 Å². The Bertz CT molecular complexity index is 628. The number of benzene rings is 2. The second kappa shape index (κ2) is 4.78. The first kappa shape index (κ1) is 12.4. The first-order chi connectivity index (χ1) is 9.13. The van der Waals surface area contributed by atoms with Gasteiger partial charge in [-0.2, -0.15) is 0 Å². The highest BCUT2D eigenvalue weighted by molar-refractivity contribution is 9.10. The molecule has 0 aromatic heterocycles. The normalized spacial score (nSPS) is 16.8. The van der Waals surface area contributed by atoms with Crippen LogP contribution in [-0.2, 0) is 0 Å². The van der Waals surface area contributed by atoms with E-state index in [9.17, 15) is 5.11 Å². The van der Waals surface area contributed by atoms with E-state index in [1.165, 1.54) is 5.56 Å². The summed E-state index contributed by atoms with van der Waals surface area (Å²) < 4.78 is 6.63. The van der Waals surface area contributed by atoms with Gasteiger partial charge in [0.25, 0.3) is 0 Å². The van der Waals surface area contributed by atoms with Crippen molar-refractivity contribution in [3.8, 4) is 11.5 Å². The minimum Gasteiger partial charge on any atom is -0.508 e. The second-order valence-electron chi connectivity index (χ2n) is 4.71. The number of phenolic OH excluding ortho intramolecular Hbond substituents is 1. The number of aromatic hydroxyl groups is 1. The van der Waals surface area contributed by atoms with Gasteiger partial charge in [-0.25, -0.2) is 0 Å². The van der Waals surface area contributed by atoms with Crippen molar-refractivity contribution in [3.05, 3.63) is 52.0 Å². The maximum absolute atomic E-state index is 9.44. The molecular weight excluding hydrogens is 306 g/mol. The third kappa shape index (κ3) is 2.40. The van der Waals surface area contributed by atoms with Gasteiger partial charge in [-0.15, -0.1) is 0 Å². The van der Waals surface area contributed by atoms with Crippen LogP contribution in [-0.4, -0.2) is 11.7 Å². The van der Waals surface area contributed by atoms with E-state index in [1.807, 2.05) is 12.1 Å². The molecule has 3 rings (SSSR count). The molecule has 2 aromatic carbocycles. The van der Waals surface area contributed by atoms with E-state index < -0.39 is 0 Å². The molecule has 1 atom stereocenters. The molecule has 3 nitrogen and oxygen atoms in total. The number of hydrogen-bond donors (Lipinski definition) is 2. The number of fused-ring (bicyclic) bond motifs is 1. The molecule has 4 heteroatoms. The summed E-state index contributed by atoms with van der Waals surface area (Å²) in [4.78, 5) is 0. The van der Waals surface area contributed by atoms with E-state index in [-0.39, 0.29) is 11.8 Å². The Hall–Kier alpha value is -1.68. The van der Waals surface area contributed by atoms with E-state index in [4.69, 9.17) is 4.74 Å². The molecule has 1 aliphatic rings. The summed E-state index contributed by atoms with van der Waals surface area (Å²) in [6.45, 7) is 2.63. The summed E-state index contributed by atoms with van der Waals surface area (Å²) in [5, 5.41) is 12.9. The van der Waals surface area contributed by atoms with Gasteiger partial charge in [0.05, 0.1) is 6.04 Å². The Morgan fingerprint density at radius 3 is 2.95 bits per heavy atom. The summed E-state index contributed by atoms with van der Waals surface area (Å²) in [6, 6.07) is 11.5. The topological polar surface area (TPSA) is 41.5 Å². The van der Waals surface area contributed by atoms with Crippen LogP contribution < -0.4 is 10.1 Å². The first-order valence-electron chi connectivity index (χ1n) is 6.12. The number of rotatable bonds is 2. The lowest BCUT2D eigenvalue weighted by atomic mass is 10.1. The smallest absolute Gasteiger partial charge is 0.128 e. The molecule has 0 saturated heterocycles. The van der Waals surface area contributed by atoms with Crippen LogP contribution in [0.15, 0.2) is 40.9 Å². The van der Waals surface area contributed by atoms with Gasteiger partial charge >= 0.3 is 0 Å². The Morgan fingerprint density at radius 2 is 2.11 bits per heavy atom. The predicted molar refractivity (Wildman–Crippen MR) is 78.8 cm³/mol. The zero-order valence-electron chi connectivity index (χ0n) is 10.5. The van der Waals surface area contributed by atoms with E-state index in [2.05, 4.69) is 40.3 Å². The molecule has 1 unspecified atom stereocenters. The van der Waals surface area contributed by atoms with Gasteiger partial charge in [0.15, 0.2) is 0 Å². The Labute approximate surface area is 120 Å². The number of hydrogen-bond acceptors (Lipinski definition) is 3. The molecule has 0 radical (unpaired) electrons. The highest BCUT2D eigenvalue weighted by Gasteiger charge is 2.24. The molecular formula is C15H14BrNO2. The van der Waals surface area contributed by atoms with Crippen molar-refractivity contribution in [1.29, 1.82) is 0 Å². The minimum atomic E-state index is 0.105. The summed E-state index contributed by atoms with van der Waals surface area (Å²) in [6.07, 6.45) is 0. The average molecular weight is 320 g/mol. The number of halogens is 1. The SMILES string of the molecule is Cc1ccc(Br)c(NC2COc3cc(O)ccc32)c1. The van der Waals surface area contributed by atoms with Crippen LogP contribution in [0.1, 0.15) is 17.2 Å². The number of phenols is 1. The zero-order chi connectivity index (χ0) is 13.4. The highest BCUT2D eigenvalue weighted by Crippen LogP contribution is 2.38. The maximum atomic E-state index is 9.44. The monoisotopic (exact) mass is 319 g/mol. The van der Waals surface area contributed by atoms with E-state index in [0.717, 1.165) is 21.5 Å². The van der Waals surface area contributed by atoms with Crippen LogP contribution in [0.5, 0.6) is 11.5 Å². The third-order valence-corrected chi connectivity index (χ3v) is 3.92. The zero-order valence-corrected chi connectivity index (χ0v) is 12.1. The Kier molecular flexibility index (Phi) is 3.11. The standard InChI is InChI=1S/C15H14BrNO2/c1-9-2-5-12(16)13(6-9)17-14-8-19-15-7-10(18)3-4-11(14)15/h2-7,14,17-18H,8H2,1H3. The average Bonchev–Trinajstić information content (AvgIpc) is 2.76. The predicted octanol–water partition coefficient (Wildman–Crippen LogP) is 4.01. The van der Waals surface area contributed by atoms with Crippen LogP contribution in [0.25, 0.3) is 0 Å². The van der Waals surface area contributed by atoms with Gasteiger partial charge in [-0.05, 0) is 52.7 Å².